The highest BCUT2D eigenvalue weighted by atomic mass is 16.4. The number of hydrogen-bond acceptors (Lipinski definition) is 2. The van der Waals surface area contributed by atoms with Crippen LogP contribution in [0.25, 0.3) is 0 Å². The van der Waals surface area contributed by atoms with Crippen LogP contribution in [-0.4, -0.2) is 21.8 Å². The largest absolute Gasteiger partial charge is 0.481 e. The molecule has 6 atom stereocenters. The van der Waals surface area contributed by atoms with E-state index >= 15 is 0 Å². The summed E-state index contributed by atoms with van der Waals surface area (Å²) in [5, 5.41) is 20.1. The van der Waals surface area contributed by atoms with E-state index < -0.39 is 11.6 Å². The SMILES string of the molecule is C[C@H](CC[C@@]1(C)[C@H](C)CC[C@]2(C)[C@@H]1CCC[C@@]2(C)O)CC(=O)O. The lowest BCUT2D eigenvalue weighted by Crippen LogP contribution is -2.60. The van der Waals surface area contributed by atoms with E-state index in [1.807, 2.05) is 6.92 Å². The lowest BCUT2D eigenvalue weighted by molar-refractivity contribution is -0.193. The van der Waals surface area contributed by atoms with Crippen LogP contribution in [0.3, 0.4) is 0 Å². The Labute approximate surface area is 141 Å². The van der Waals surface area contributed by atoms with Crippen LogP contribution in [0.4, 0.5) is 0 Å². The van der Waals surface area contributed by atoms with Gasteiger partial charge in [0, 0.05) is 6.42 Å². The molecule has 134 valence electrons. The molecule has 0 saturated heterocycles. The molecule has 2 saturated carbocycles. The van der Waals surface area contributed by atoms with Gasteiger partial charge < -0.3 is 10.2 Å². The maximum absolute atomic E-state index is 11.1. The molecule has 2 aliphatic rings. The van der Waals surface area contributed by atoms with Crippen molar-refractivity contribution in [2.75, 3.05) is 0 Å². The third-order valence-corrected chi connectivity index (χ3v) is 7.87. The van der Waals surface area contributed by atoms with Crippen LogP contribution in [0.5, 0.6) is 0 Å². The maximum atomic E-state index is 11.1. The summed E-state index contributed by atoms with van der Waals surface area (Å²) in [5.74, 6) is 0.727. The molecule has 0 aliphatic heterocycles. The molecule has 2 aliphatic carbocycles. The summed E-state index contributed by atoms with van der Waals surface area (Å²) in [4.78, 5) is 10.9. The summed E-state index contributed by atoms with van der Waals surface area (Å²) in [5.41, 5.74) is -0.350. The van der Waals surface area contributed by atoms with Crippen molar-refractivity contribution in [1.29, 1.82) is 0 Å². The monoisotopic (exact) mass is 324 g/mol. The topological polar surface area (TPSA) is 57.5 Å². The molecule has 0 aromatic carbocycles. The van der Waals surface area contributed by atoms with E-state index in [1.165, 1.54) is 12.8 Å². The predicted molar refractivity (Wildman–Crippen MR) is 93.2 cm³/mol. The van der Waals surface area contributed by atoms with Crippen molar-refractivity contribution in [2.45, 2.75) is 91.6 Å². The van der Waals surface area contributed by atoms with Gasteiger partial charge in [-0.2, -0.15) is 0 Å². The summed E-state index contributed by atoms with van der Waals surface area (Å²) in [7, 11) is 0. The van der Waals surface area contributed by atoms with E-state index in [-0.39, 0.29) is 23.2 Å². The highest BCUT2D eigenvalue weighted by Crippen LogP contribution is 2.64. The first-order chi connectivity index (χ1) is 10.5. The van der Waals surface area contributed by atoms with E-state index in [2.05, 4.69) is 27.7 Å². The van der Waals surface area contributed by atoms with Gasteiger partial charge in [-0.3, -0.25) is 4.79 Å². The molecule has 0 amide bonds. The van der Waals surface area contributed by atoms with Gasteiger partial charge in [0.25, 0.3) is 0 Å². The summed E-state index contributed by atoms with van der Waals surface area (Å²) >= 11 is 0. The Balaban J connectivity index is 2.19. The average Bonchev–Trinajstić information content (AvgIpc) is 2.43. The number of carbonyl (C=O) groups is 1. The molecule has 2 fully saturated rings. The van der Waals surface area contributed by atoms with Crippen molar-refractivity contribution in [2.24, 2.45) is 28.6 Å². The first-order valence-corrected chi connectivity index (χ1v) is 9.47. The fourth-order valence-electron chi connectivity index (χ4n) is 5.70. The minimum Gasteiger partial charge on any atom is -0.481 e. The standard InChI is InChI=1S/C20H36O3/c1-14(13-17(21)22)8-11-18(3)15(2)9-12-19(4)16(18)7-6-10-20(19,5)23/h14-16,23H,6-13H2,1-5H3,(H,21,22)/t14-,15-,16-,18+,19-,20-/m1/s1. The molecule has 0 bridgehead atoms. The van der Waals surface area contributed by atoms with E-state index in [9.17, 15) is 9.90 Å². The fourth-order valence-corrected chi connectivity index (χ4v) is 5.70. The molecule has 2 rings (SSSR count). The van der Waals surface area contributed by atoms with Crippen molar-refractivity contribution in [1.82, 2.24) is 0 Å². The highest BCUT2D eigenvalue weighted by Gasteiger charge is 2.59. The van der Waals surface area contributed by atoms with Gasteiger partial charge in [0.1, 0.15) is 0 Å². The third kappa shape index (κ3) is 3.31. The second-order valence-corrected chi connectivity index (χ2v) is 9.32. The minimum absolute atomic E-state index is 0.00253. The molecule has 0 heterocycles. The quantitative estimate of drug-likeness (QED) is 0.758. The van der Waals surface area contributed by atoms with E-state index in [0.29, 0.717) is 11.8 Å². The van der Waals surface area contributed by atoms with Crippen LogP contribution in [0.1, 0.15) is 86.0 Å². The number of rotatable bonds is 5. The number of aliphatic carboxylic acids is 1. The van der Waals surface area contributed by atoms with Crippen molar-refractivity contribution >= 4 is 5.97 Å². The third-order valence-electron chi connectivity index (χ3n) is 7.87. The van der Waals surface area contributed by atoms with Gasteiger partial charge in [-0.1, -0.05) is 34.1 Å². The molecule has 0 spiro atoms. The Bertz CT molecular complexity index is 444. The number of carboxylic acid groups (broad SMARTS) is 1. The van der Waals surface area contributed by atoms with Crippen LogP contribution in [0.2, 0.25) is 0 Å². The van der Waals surface area contributed by atoms with Crippen LogP contribution in [0, 0.1) is 28.6 Å². The minimum atomic E-state index is -0.690. The Hall–Kier alpha value is -0.570. The molecule has 3 nitrogen and oxygen atoms in total. The van der Waals surface area contributed by atoms with Gasteiger partial charge in [-0.25, -0.2) is 0 Å². The second-order valence-electron chi connectivity index (χ2n) is 9.32. The fraction of sp³-hybridized carbons (Fsp3) is 0.950. The van der Waals surface area contributed by atoms with Gasteiger partial charge in [0.05, 0.1) is 5.60 Å². The van der Waals surface area contributed by atoms with Crippen molar-refractivity contribution in [3.05, 3.63) is 0 Å². The van der Waals surface area contributed by atoms with Crippen molar-refractivity contribution in [3.8, 4) is 0 Å². The Morgan fingerprint density at radius 3 is 2.48 bits per heavy atom. The number of carboxylic acids is 1. The van der Waals surface area contributed by atoms with Gasteiger partial charge >= 0.3 is 5.97 Å². The molecule has 23 heavy (non-hydrogen) atoms. The van der Waals surface area contributed by atoms with Gasteiger partial charge in [0.2, 0.25) is 0 Å². The lowest BCUT2D eigenvalue weighted by atomic mass is 9.43. The zero-order valence-corrected chi connectivity index (χ0v) is 15.7. The summed E-state index contributed by atoms with van der Waals surface area (Å²) in [6.07, 6.45) is 7.85. The number of fused-ring (bicyclic) bond motifs is 1. The van der Waals surface area contributed by atoms with Crippen LogP contribution in [-0.2, 0) is 4.79 Å². The smallest absolute Gasteiger partial charge is 0.303 e. The van der Waals surface area contributed by atoms with Gasteiger partial charge in [-0.15, -0.1) is 0 Å². The number of aliphatic hydroxyl groups is 1. The zero-order valence-electron chi connectivity index (χ0n) is 15.7. The van der Waals surface area contributed by atoms with Crippen molar-refractivity contribution < 1.29 is 15.0 Å². The normalized spacial score (nSPS) is 45.3. The van der Waals surface area contributed by atoms with Crippen LogP contribution < -0.4 is 0 Å². The molecule has 0 aromatic heterocycles. The predicted octanol–water partition coefficient (Wildman–Crippen LogP) is 4.87. The molecule has 0 aromatic rings. The highest BCUT2D eigenvalue weighted by molar-refractivity contribution is 5.66. The molecule has 0 unspecified atom stereocenters. The molecular formula is C20H36O3. The van der Waals surface area contributed by atoms with Crippen LogP contribution >= 0.6 is 0 Å². The van der Waals surface area contributed by atoms with E-state index in [0.717, 1.165) is 32.1 Å². The Kier molecular flexibility index (Phi) is 5.21. The second kappa shape index (κ2) is 6.38. The lowest BCUT2D eigenvalue weighted by Gasteiger charge is -2.63. The average molecular weight is 325 g/mol. The van der Waals surface area contributed by atoms with E-state index in [1.54, 1.807) is 0 Å². The van der Waals surface area contributed by atoms with Crippen LogP contribution in [0.15, 0.2) is 0 Å². The first kappa shape index (κ1) is 18.8. The number of hydrogen-bond donors (Lipinski definition) is 2. The molecular weight excluding hydrogens is 288 g/mol. The zero-order chi connectivity index (χ0) is 17.5. The van der Waals surface area contributed by atoms with Crippen molar-refractivity contribution in [3.63, 3.8) is 0 Å². The van der Waals surface area contributed by atoms with Gasteiger partial charge in [0.15, 0.2) is 0 Å². The maximum Gasteiger partial charge on any atom is 0.303 e. The summed E-state index contributed by atoms with van der Waals surface area (Å²) in [6.45, 7) is 11.2. The molecule has 2 N–H and O–H groups in total. The Morgan fingerprint density at radius 2 is 1.87 bits per heavy atom. The van der Waals surface area contributed by atoms with E-state index in [4.69, 9.17) is 5.11 Å². The summed E-state index contributed by atoms with van der Waals surface area (Å²) in [6, 6.07) is 0. The first-order valence-electron chi connectivity index (χ1n) is 9.47. The summed E-state index contributed by atoms with van der Waals surface area (Å²) < 4.78 is 0. The molecule has 0 radical (unpaired) electrons. The molecule has 3 heteroatoms. The Morgan fingerprint density at radius 1 is 1.22 bits per heavy atom. The van der Waals surface area contributed by atoms with Gasteiger partial charge in [-0.05, 0) is 74.0 Å².